The zero-order chi connectivity index (χ0) is 23.5. The van der Waals surface area contributed by atoms with Gasteiger partial charge in [-0.2, -0.15) is 0 Å². The van der Waals surface area contributed by atoms with Crippen LogP contribution >= 0.6 is 12.6 Å². The molecule has 4 N–H and O–H groups in total. The molecular formula is C18H24N8O4S2. The van der Waals surface area contributed by atoms with Crippen molar-refractivity contribution in [2.45, 2.75) is 16.6 Å². The van der Waals surface area contributed by atoms with Gasteiger partial charge in [0.15, 0.2) is 5.03 Å². The van der Waals surface area contributed by atoms with Gasteiger partial charge in [-0.15, -0.1) is 12.6 Å². The maximum Gasteiger partial charge on any atom is 0.274 e. The highest BCUT2D eigenvalue weighted by molar-refractivity contribution is 7.89. The van der Waals surface area contributed by atoms with Crippen molar-refractivity contribution in [3.05, 3.63) is 40.6 Å². The number of nitrogens with zero attached hydrogens (tertiary/aromatic N) is 5. The van der Waals surface area contributed by atoms with E-state index in [2.05, 4.69) is 44.8 Å². The molecule has 1 aliphatic rings. The van der Waals surface area contributed by atoms with E-state index in [9.17, 15) is 18.0 Å². The number of carbonyl (C=O) groups is 1. The molecule has 14 heteroatoms. The fraction of sp³-hybridized carbons (Fsp3) is 0.389. The Morgan fingerprint density at radius 3 is 2.50 bits per heavy atom. The summed E-state index contributed by atoms with van der Waals surface area (Å²) < 4.78 is 23.9. The van der Waals surface area contributed by atoms with E-state index in [1.165, 1.54) is 17.0 Å². The van der Waals surface area contributed by atoms with Crippen molar-refractivity contribution in [2.24, 2.45) is 5.14 Å². The van der Waals surface area contributed by atoms with Crippen LogP contribution in [0.3, 0.4) is 0 Å². The first-order chi connectivity index (χ1) is 15.1. The van der Waals surface area contributed by atoms with Crippen molar-refractivity contribution in [1.82, 2.24) is 24.3 Å². The van der Waals surface area contributed by atoms with Crippen molar-refractivity contribution >= 4 is 40.0 Å². The van der Waals surface area contributed by atoms with E-state index in [1.807, 2.05) is 0 Å². The highest BCUT2D eigenvalue weighted by Crippen LogP contribution is 2.12. The lowest BCUT2D eigenvalue weighted by molar-refractivity contribution is -0.110. The molecule has 1 aliphatic heterocycles. The van der Waals surface area contributed by atoms with Gasteiger partial charge in [0.25, 0.3) is 21.5 Å². The average Bonchev–Trinajstić information content (AvgIpc) is 2.74. The Morgan fingerprint density at radius 1 is 1.22 bits per heavy atom. The summed E-state index contributed by atoms with van der Waals surface area (Å²) in [5.41, 5.74) is -1.24. The molecule has 2 aromatic heterocycles. The van der Waals surface area contributed by atoms with Crippen LogP contribution in [0.4, 0.5) is 5.69 Å². The number of nitrogens with one attached hydrogen (secondary N) is 2. The number of hydrogen-bond acceptors (Lipinski definition) is 10. The van der Waals surface area contributed by atoms with Gasteiger partial charge < -0.3 is 10.2 Å². The molecule has 172 valence electrons. The molecular weight excluding hydrogens is 456 g/mol. The van der Waals surface area contributed by atoms with Gasteiger partial charge in [-0.05, 0) is 19.2 Å². The van der Waals surface area contributed by atoms with E-state index < -0.39 is 27.2 Å². The van der Waals surface area contributed by atoms with Crippen molar-refractivity contribution in [2.75, 3.05) is 45.1 Å². The molecule has 0 bridgehead atoms. The number of sulfonamides is 1. The number of aromatic nitrogens is 3. The van der Waals surface area contributed by atoms with Crippen LogP contribution < -0.4 is 16.0 Å². The quantitative estimate of drug-likeness (QED) is 0.218. The minimum Gasteiger partial charge on any atom is -0.319 e. The van der Waals surface area contributed by atoms with Gasteiger partial charge in [0.05, 0.1) is 18.2 Å². The number of primary sulfonamides is 1. The van der Waals surface area contributed by atoms with Crippen LogP contribution in [0.1, 0.15) is 5.56 Å². The first-order valence-corrected chi connectivity index (χ1v) is 11.6. The van der Waals surface area contributed by atoms with E-state index in [0.29, 0.717) is 13.1 Å². The minimum absolute atomic E-state index is 0.0336. The van der Waals surface area contributed by atoms with E-state index in [4.69, 9.17) is 10.5 Å². The Labute approximate surface area is 190 Å². The monoisotopic (exact) mass is 480 g/mol. The molecule has 0 atom stereocenters. The van der Waals surface area contributed by atoms with Crippen molar-refractivity contribution in [1.29, 1.82) is 5.41 Å². The normalized spacial score (nSPS) is 15.5. The summed E-state index contributed by atoms with van der Waals surface area (Å²) in [6.07, 6.45) is 2.44. The van der Waals surface area contributed by atoms with Crippen LogP contribution in [0.25, 0.3) is 0 Å². The molecule has 0 unspecified atom stereocenters. The molecule has 3 heterocycles. The van der Waals surface area contributed by atoms with Crippen LogP contribution in [-0.4, -0.2) is 84.1 Å². The minimum atomic E-state index is -3.97. The second-order valence-corrected chi connectivity index (χ2v) is 9.28. The van der Waals surface area contributed by atoms with E-state index in [-0.39, 0.29) is 21.3 Å². The van der Waals surface area contributed by atoms with Gasteiger partial charge in [-0.25, -0.2) is 23.5 Å². The predicted octanol–water partition coefficient (Wildman–Crippen LogP) is -1.17. The molecule has 1 fully saturated rings. The fourth-order valence-electron chi connectivity index (χ4n) is 3.11. The summed E-state index contributed by atoms with van der Waals surface area (Å²) >= 11 is 4.15. The summed E-state index contributed by atoms with van der Waals surface area (Å²) in [5.74, 6) is -0.888. The third-order valence-electron chi connectivity index (χ3n) is 5.03. The summed E-state index contributed by atoms with van der Waals surface area (Å²) in [6.45, 7) is 4.70. The predicted molar refractivity (Wildman–Crippen MR) is 121 cm³/mol. The molecule has 0 spiro atoms. The smallest absolute Gasteiger partial charge is 0.274 e. The molecule has 1 amide bonds. The maximum absolute atomic E-state index is 12.9. The Kier molecular flexibility index (Phi) is 7.40. The van der Waals surface area contributed by atoms with Crippen molar-refractivity contribution in [3.63, 3.8) is 0 Å². The van der Waals surface area contributed by atoms with Gasteiger partial charge >= 0.3 is 0 Å². The summed E-state index contributed by atoms with van der Waals surface area (Å²) in [5, 5.41) is 15.2. The topological polar surface area (TPSA) is 167 Å². The Morgan fingerprint density at radius 2 is 1.91 bits per heavy atom. The summed E-state index contributed by atoms with van der Waals surface area (Å²) in [7, 11) is -1.91. The lowest BCUT2D eigenvalue weighted by Gasteiger charge is -2.32. The molecule has 1 saturated heterocycles. The van der Waals surface area contributed by atoms with Crippen LogP contribution in [0.15, 0.2) is 39.5 Å². The Hall–Kier alpha value is -2.65. The van der Waals surface area contributed by atoms with Crippen LogP contribution in [0.2, 0.25) is 0 Å². The lowest BCUT2D eigenvalue weighted by atomic mass is 10.2. The van der Waals surface area contributed by atoms with Crippen molar-refractivity contribution in [3.8, 4) is 0 Å². The second kappa shape index (κ2) is 9.87. The SMILES string of the molecule is CN1CCN(CCn2cnc(S)c(C(=N)C(=O)Nc3ccc(S(N)(=O)=O)nc3)c2=O)CC1. The average molecular weight is 481 g/mol. The zero-order valence-electron chi connectivity index (χ0n) is 17.4. The zero-order valence-corrected chi connectivity index (χ0v) is 19.1. The summed E-state index contributed by atoms with van der Waals surface area (Å²) in [4.78, 5) is 37.6. The molecule has 2 aromatic rings. The molecule has 0 saturated carbocycles. The van der Waals surface area contributed by atoms with Gasteiger partial charge in [0, 0.05) is 39.3 Å². The van der Waals surface area contributed by atoms with Gasteiger partial charge in [0.2, 0.25) is 0 Å². The fourth-order valence-corrected chi connectivity index (χ4v) is 3.83. The van der Waals surface area contributed by atoms with Crippen molar-refractivity contribution < 1.29 is 13.2 Å². The summed E-state index contributed by atoms with van der Waals surface area (Å²) in [6, 6.07) is 2.39. The number of anilines is 1. The first-order valence-electron chi connectivity index (χ1n) is 9.64. The van der Waals surface area contributed by atoms with Gasteiger partial charge in [-0.1, -0.05) is 0 Å². The largest absolute Gasteiger partial charge is 0.319 e. The Balaban J connectivity index is 1.72. The molecule has 3 rings (SSSR count). The highest BCUT2D eigenvalue weighted by Gasteiger charge is 2.22. The van der Waals surface area contributed by atoms with Gasteiger partial charge in [0.1, 0.15) is 16.3 Å². The number of carbonyl (C=O) groups excluding carboxylic acids is 1. The highest BCUT2D eigenvalue weighted by atomic mass is 32.2. The number of rotatable bonds is 7. The van der Waals surface area contributed by atoms with Crippen LogP contribution in [0, 0.1) is 5.41 Å². The van der Waals surface area contributed by atoms with E-state index in [1.54, 1.807) is 0 Å². The number of pyridine rings is 1. The number of amides is 1. The second-order valence-electron chi connectivity index (χ2n) is 7.35. The van der Waals surface area contributed by atoms with Crippen LogP contribution in [-0.2, 0) is 21.4 Å². The third kappa shape index (κ3) is 5.77. The molecule has 12 nitrogen and oxygen atoms in total. The number of nitrogens with two attached hydrogens (primary N) is 1. The van der Waals surface area contributed by atoms with E-state index >= 15 is 0 Å². The number of piperazine rings is 1. The third-order valence-corrected chi connectivity index (χ3v) is 6.20. The molecule has 0 radical (unpaired) electrons. The molecule has 32 heavy (non-hydrogen) atoms. The van der Waals surface area contributed by atoms with Gasteiger partial charge in [-0.3, -0.25) is 24.5 Å². The number of thiol groups is 1. The lowest BCUT2D eigenvalue weighted by Crippen LogP contribution is -2.46. The standard InChI is InChI=1S/C18H24N8O4S2/c1-24-4-6-25(7-5-24)8-9-26-11-22-17(31)14(18(26)28)15(19)16(27)23-12-2-3-13(21-10-12)32(20,29)30/h2-3,10-11,19,31H,4-9H2,1H3,(H,23,27)(H2,20,29,30). The molecule has 0 aliphatic carbocycles. The molecule has 0 aromatic carbocycles. The number of likely N-dealkylation sites (N-methyl/N-ethyl adjacent to an activating group) is 1. The van der Waals surface area contributed by atoms with E-state index in [0.717, 1.165) is 38.4 Å². The maximum atomic E-state index is 12.9. The number of hydrogen-bond donors (Lipinski definition) is 4. The van der Waals surface area contributed by atoms with Crippen LogP contribution in [0.5, 0.6) is 0 Å². The first kappa shape index (κ1) is 24.0. The Bertz CT molecular complexity index is 1170.